The molecule has 0 fully saturated rings. The van der Waals surface area contributed by atoms with Crippen LogP contribution in [-0.2, 0) is 14.8 Å². The number of rotatable bonds is 7. The van der Waals surface area contributed by atoms with Gasteiger partial charge in [-0.05, 0) is 43.3 Å². The largest absolute Gasteiger partial charge is 0.497 e. The Balaban J connectivity index is 1.65. The van der Waals surface area contributed by atoms with E-state index >= 15 is 0 Å². The van der Waals surface area contributed by atoms with Crippen molar-refractivity contribution in [3.8, 4) is 16.3 Å². The Kier molecular flexibility index (Phi) is 6.02. The zero-order valence-corrected chi connectivity index (χ0v) is 16.8. The van der Waals surface area contributed by atoms with Crippen LogP contribution in [0.4, 0.5) is 5.13 Å². The van der Waals surface area contributed by atoms with Crippen LogP contribution in [-0.4, -0.2) is 37.7 Å². The van der Waals surface area contributed by atoms with Gasteiger partial charge >= 0.3 is 0 Å². The molecule has 0 saturated heterocycles. The predicted molar refractivity (Wildman–Crippen MR) is 107 cm³/mol. The number of amides is 1. The summed E-state index contributed by atoms with van der Waals surface area (Å²) >= 11 is 1.19. The number of hydrogen-bond acceptors (Lipinski definition) is 7. The minimum Gasteiger partial charge on any atom is -0.497 e. The van der Waals surface area contributed by atoms with Gasteiger partial charge in [-0.3, -0.25) is 10.1 Å². The normalized spacial score (nSPS) is 12.4. The molecule has 0 bridgehead atoms. The van der Waals surface area contributed by atoms with Gasteiger partial charge in [0.05, 0.1) is 18.0 Å². The molecule has 0 aliphatic carbocycles. The molecule has 0 saturated carbocycles. The minimum absolute atomic E-state index is 0.0901. The lowest BCUT2D eigenvalue weighted by Crippen LogP contribution is -2.41. The molecule has 10 heteroatoms. The molecular formula is C18H18N4O4S2. The Morgan fingerprint density at radius 2 is 1.75 bits per heavy atom. The van der Waals surface area contributed by atoms with Crippen molar-refractivity contribution in [3.63, 3.8) is 0 Å². The van der Waals surface area contributed by atoms with Crippen LogP contribution in [0, 0.1) is 0 Å². The summed E-state index contributed by atoms with van der Waals surface area (Å²) in [7, 11) is -2.21. The third-order valence-corrected chi connectivity index (χ3v) is 6.22. The van der Waals surface area contributed by atoms with Crippen molar-refractivity contribution in [2.24, 2.45) is 0 Å². The van der Waals surface area contributed by atoms with E-state index in [4.69, 9.17) is 4.74 Å². The highest BCUT2D eigenvalue weighted by Crippen LogP contribution is 2.27. The SMILES string of the molecule is COc1ccc(-c2nnc(NC(=O)C(C)NS(=O)(=O)c3ccccc3)s2)cc1. The van der Waals surface area contributed by atoms with Crippen molar-refractivity contribution < 1.29 is 17.9 Å². The Bertz CT molecular complexity index is 1050. The number of sulfonamides is 1. The first-order valence-corrected chi connectivity index (χ1v) is 10.5. The molecule has 2 N–H and O–H groups in total. The van der Waals surface area contributed by atoms with Crippen LogP contribution < -0.4 is 14.8 Å². The Labute approximate surface area is 166 Å². The summed E-state index contributed by atoms with van der Waals surface area (Å²) in [6.45, 7) is 1.46. The van der Waals surface area contributed by atoms with Crippen LogP contribution in [0.1, 0.15) is 6.92 Å². The van der Waals surface area contributed by atoms with Crippen LogP contribution in [0.2, 0.25) is 0 Å². The summed E-state index contributed by atoms with van der Waals surface area (Å²) in [6, 6.07) is 14.1. The predicted octanol–water partition coefficient (Wildman–Crippen LogP) is 2.52. The molecule has 1 aromatic heterocycles. The highest BCUT2D eigenvalue weighted by Gasteiger charge is 2.22. The summed E-state index contributed by atoms with van der Waals surface area (Å²) in [6.07, 6.45) is 0. The quantitative estimate of drug-likeness (QED) is 0.610. The smallest absolute Gasteiger partial charge is 0.244 e. The van der Waals surface area contributed by atoms with E-state index in [1.807, 2.05) is 12.1 Å². The van der Waals surface area contributed by atoms with E-state index in [1.54, 1.807) is 37.4 Å². The first kappa shape index (κ1) is 19.9. The first-order valence-electron chi connectivity index (χ1n) is 8.25. The van der Waals surface area contributed by atoms with E-state index in [9.17, 15) is 13.2 Å². The molecule has 1 heterocycles. The van der Waals surface area contributed by atoms with Gasteiger partial charge < -0.3 is 4.74 Å². The minimum atomic E-state index is -3.80. The summed E-state index contributed by atoms with van der Waals surface area (Å²) in [5.41, 5.74) is 0.830. The number of nitrogens with one attached hydrogen (secondary N) is 2. The molecule has 0 aliphatic heterocycles. The van der Waals surface area contributed by atoms with E-state index in [0.717, 1.165) is 11.3 Å². The van der Waals surface area contributed by atoms with Gasteiger partial charge in [0.15, 0.2) is 0 Å². The van der Waals surface area contributed by atoms with E-state index in [2.05, 4.69) is 20.2 Å². The van der Waals surface area contributed by atoms with E-state index < -0.39 is 22.0 Å². The maximum Gasteiger partial charge on any atom is 0.244 e. The Morgan fingerprint density at radius 3 is 2.39 bits per heavy atom. The number of aromatic nitrogens is 2. The summed E-state index contributed by atoms with van der Waals surface area (Å²) in [5, 5.41) is 11.5. The number of anilines is 1. The second-order valence-corrected chi connectivity index (χ2v) is 8.48. The molecule has 0 radical (unpaired) electrons. The second-order valence-electron chi connectivity index (χ2n) is 5.79. The maximum atomic E-state index is 12.3. The molecule has 1 unspecified atom stereocenters. The number of nitrogens with zero attached hydrogens (tertiary/aromatic N) is 2. The molecule has 2 aromatic carbocycles. The molecule has 3 aromatic rings. The molecule has 3 rings (SSSR count). The Morgan fingerprint density at radius 1 is 1.07 bits per heavy atom. The number of ether oxygens (including phenoxy) is 1. The van der Waals surface area contributed by atoms with Crippen LogP contribution in [0.5, 0.6) is 5.75 Å². The van der Waals surface area contributed by atoms with E-state index in [-0.39, 0.29) is 10.0 Å². The topological polar surface area (TPSA) is 110 Å². The van der Waals surface area contributed by atoms with Crippen LogP contribution in [0.15, 0.2) is 59.5 Å². The van der Waals surface area contributed by atoms with E-state index in [1.165, 1.54) is 30.4 Å². The van der Waals surface area contributed by atoms with Crippen molar-refractivity contribution in [2.75, 3.05) is 12.4 Å². The monoisotopic (exact) mass is 418 g/mol. The highest BCUT2D eigenvalue weighted by atomic mass is 32.2. The first-order chi connectivity index (χ1) is 13.4. The summed E-state index contributed by atoms with van der Waals surface area (Å²) in [4.78, 5) is 12.4. The number of carbonyl (C=O) groups excluding carboxylic acids is 1. The van der Waals surface area contributed by atoms with Crippen molar-refractivity contribution in [1.82, 2.24) is 14.9 Å². The molecule has 0 spiro atoms. The fourth-order valence-electron chi connectivity index (χ4n) is 2.29. The summed E-state index contributed by atoms with van der Waals surface area (Å²) < 4.78 is 32.1. The van der Waals surface area contributed by atoms with Gasteiger partial charge in [-0.25, -0.2) is 8.42 Å². The zero-order valence-electron chi connectivity index (χ0n) is 15.1. The highest BCUT2D eigenvalue weighted by molar-refractivity contribution is 7.89. The van der Waals surface area contributed by atoms with Gasteiger partial charge in [0.2, 0.25) is 21.1 Å². The van der Waals surface area contributed by atoms with Crippen molar-refractivity contribution in [1.29, 1.82) is 0 Å². The molecule has 1 atom stereocenters. The molecule has 146 valence electrons. The van der Waals surface area contributed by atoms with Gasteiger partial charge in [-0.15, -0.1) is 10.2 Å². The lowest BCUT2D eigenvalue weighted by atomic mass is 10.2. The average Bonchev–Trinajstić information content (AvgIpc) is 3.17. The molecule has 28 heavy (non-hydrogen) atoms. The second kappa shape index (κ2) is 8.46. The third-order valence-electron chi connectivity index (χ3n) is 3.77. The lowest BCUT2D eigenvalue weighted by Gasteiger charge is -2.13. The van der Waals surface area contributed by atoms with E-state index in [0.29, 0.717) is 5.01 Å². The third kappa shape index (κ3) is 4.71. The molecular weight excluding hydrogens is 400 g/mol. The van der Waals surface area contributed by atoms with Gasteiger partial charge in [0, 0.05) is 5.56 Å². The van der Waals surface area contributed by atoms with Gasteiger partial charge in [0.1, 0.15) is 10.8 Å². The molecule has 8 nitrogen and oxygen atoms in total. The lowest BCUT2D eigenvalue weighted by molar-refractivity contribution is -0.117. The number of benzene rings is 2. The van der Waals surface area contributed by atoms with Crippen molar-refractivity contribution in [3.05, 3.63) is 54.6 Å². The number of methoxy groups -OCH3 is 1. The van der Waals surface area contributed by atoms with Gasteiger partial charge in [0.25, 0.3) is 0 Å². The molecule has 1 amide bonds. The fourth-order valence-corrected chi connectivity index (χ4v) is 4.27. The standard InChI is InChI=1S/C18H18N4O4S2/c1-12(22-28(24,25)15-6-4-3-5-7-15)16(23)19-18-21-20-17(27-18)13-8-10-14(26-2)11-9-13/h3-12,22H,1-2H3,(H,19,21,23). The number of carbonyl (C=O) groups is 1. The number of hydrogen-bond donors (Lipinski definition) is 2. The zero-order chi connectivity index (χ0) is 20.1. The van der Waals surface area contributed by atoms with Gasteiger partial charge in [-0.1, -0.05) is 29.5 Å². The van der Waals surface area contributed by atoms with Crippen LogP contribution in [0.3, 0.4) is 0 Å². The Hall–Kier alpha value is -2.82. The van der Waals surface area contributed by atoms with Gasteiger partial charge in [-0.2, -0.15) is 4.72 Å². The fraction of sp³-hybridized carbons (Fsp3) is 0.167. The van der Waals surface area contributed by atoms with Crippen LogP contribution >= 0.6 is 11.3 Å². The maximum absolute atomic E-state index is 12.3. The van der Waals surface area contributed by atoms with Crippen molar-refractivity contribution >= 4 is 32.4 Å². The summed E-state index contributed by atoms with van der Waals surface area (Å²) in [5.74, 6) is 0.193. The van der Waals surface area contributed by atoms with Crippen molar-refractivity contribution in [2.45, 2.75) is 17.9 Å². The average molecular weight is 419 g/mol. The molecule has 0 aliphatic rings. The van der Waals surface area contributed by atoms with Crippen LogP contribution in [0.25, 0.3) is 10.6 Å².